The zero-order chi connectivity index (χ0) is 15.0. The Bertz CT molecular complexity index is 461. The quantitative estimate of drug-likeness (QED) is 0.569. The molecule has 0 aromatic heterocycles. The van der Waals surface area contributed by atoms with Crippen molar-refractivity contribution in [2.24, 2.45) is 11.7 Å². The minimum atomic E-state index is -0.119. The summed E-state index contributed by atoms with van der Waals surface area (Å²) in [6, 6.07) is 7.01. The van der Waals surface area contributed by atoms with E-state index < -0.39 is 0 Å². The average molecular weight is 294 g/mol. The number of ether oxygens (including phenoxy) is 1. The molecule has 0 aliphatic heterocycles. The number of carbonyl (C=O) groups excluding carboxylic acids is 1. The Morgan fingerprint density at radius 3 is 2.75 bits per heavy atom. The highest BCUT2D eigenvalue weighted by molar-refractivity contribution is 7.80. The molecule has 0 saturated carbocycles. The highest BCUT2D eigenvalue weighted by atomic mass is 32.1. The molecule has 0 atom stereocenters. The smallest absolute Gasteiger partial charge is 0.251 e. The second-order valence-electron chi connectivity index (χ2n) is 5.02. The summed E-state index contributed by atoms with van der Waals surface area (Å²) in [4.78, 5) is 12.2. The number of nitrogens with one attached hydrogen (secondary N) is 1. The topological polar surface area (TPSA) is 64.3 Å². The number of thiocarbonyl (C=S) groups is 1. The Morgan fingerprint density at radius 2 is 2.10 bits per heavy atom. The first-order valence-corrected chi connectivity index (χ1v) is 7.17. The molecule has 1 aromatic rings. The van der Waals surface area contributed by atoms with Gasteiger partial charge in [-0.25, -0.2) is 0 Å². The van der Waals surface area contributed by atoms with Crippen molar-refractivity contribution in [3.05, 3.63) is 35.4 Å². The minimum absolute atomic E-state index is 0.119. The lowest BCUT2D eigenvalue weighted by Gasteiger charge is -2.08. The third kappa shape index (κ3) is 6.12. The van der Waals surface area contributed by atoms with Crippen molar-refractivity contribution in [1.29, 1.82) is 0 Å². The summed E-state index contributed by atoms with van der Waals surface area (Å²) in [5.41, 5.74) is 6.82. The Hall–Kier alpha value is -1.46. The minimum Gasteiger partial charge on any atom is -0.389 e. The van der Waals surface area contributed by atoms with Gasteiger partial charge in [-0.05, 0) is 24.5 Å². The molecule has 5 heteroatoms. The van der Waals surface area contributed by atoms with Crippen LogP contribution in [0.5, 0.6) is 0 Å². The van der Waals surface area contributed by atoms with Gasteiger partial charge in [0.2, 0.25) is 0 Å². The first-order valence-electron chi connectivity index (χ1n) is 6.76. The first-order chi connectivity index (χ1) is 9.50. The molecule has 0 aliphatic rings. The van der Waals surface area contributed by atoms with Gasteiger partial charge in [0.15, 0.2) is 0 Å². The molecule has 1 amide bonds. The van der Waals surface area contributed by atoms with Gasteiger partial charge in [0.25, 0.3) is 5.91 Å². The predicted molar refractivity (Wildman–Crippen MR) is 84.9 cm³/mol. The van der Waals surface area contributed by atoms with Crippen molar-refractivity contribution in [1.82, 2.24) is 5.32 Å². The van der Waals surface area contributed by atoms with E-state index in [9.17, 15) is 4.79 Å². The second kappa shape index (κ2) is 8.66. The number of rotatable bonds is 8. The molecule has 0 radical (unpaired) electrons. The van der Waals surface area contributed by atoms with Crippen LogP contribution in [0.1, 0.15) is 36.2 Å². The molecule has 110 valence electrons. The van der Waals surface area contributed by atoms with Crippen LogP contribution in [0, 0.1) is 5.92 Å². The van der Waals surface area contributed by atoms with Crippen LogP contribution >= 0.6 is 12.2 Å². The van der Waals surface area contributed by atoms with Crippen molar-refractivity contribution in [2.45, 2.75) is 20.3 Å². The maximum absolute atomic E-state index is 11.9. The van der Waals surface area contributed by atoms with Crippen LogP contribution < -0.4 is 11.1 Å². The van der Waals surface area contributed by atoms with Crippen LogP contribution in [0.15, 0.2) is 24.3 Å². The lowest BCUT2D eigenvalue weighted by molar-refractivity contribution is 0.0925. The third-order valence-corrected chi connectivity index (χ3v) is 2.85. The van der Waals surface area contributed by atoms with Gasteiger partial charge in [-0.2, -0.15) is 0 Å². The molecule has 4 nitrogen and oxygen atoms in total. The van der Waals surface area contributed by atoms with E-state index in [1.807, 2.05) is 0 Å². The van der Waals surface area contributed by atoms with E-state index in [1.165, 1.54) is 0 Å². The van der Waals surface area contributed by atoms with Crippen molar-refractivity contribution in [3.8, 4) is 0 Å². The zero-order valence-corrected chi connectivity index (χ0v) is 12.8. The van der Waals surface area contributed by atoms with Crippen LogP contribution in [0.25, 0.3) is 0 Å². The van der Waals surface area contributed by atoms with Gasteiger partial charge in [-0.1, -0.05) is 38.2 Å². The number of nitrogens with two attached hydrogens (primary N) is 1. The van der Waals surface area contributed by atoms with Crippen molar-refractivity contribution < 1.29 is 9.53 Å². The first kappa shape index (κ1) is 16.6. The summed E-state index contributed by atoms with van der Waals surface area (Å²) in [5.74, 6) is 0.416. The summed E-state index contributed by atoms with van der Waals surface area (Å²) in [5, 5.41) is 2.85. The maximum atomic E-state index is 11.9. The van der Waals surface area contributed by atoms with E-state index in [1.54, 1.807) is 24.3 Å². The van der Waals surface area contributed by atoms with Gasteiger partial charge in [-0.15, -0.1) is 0 Å². The number of benzene rings is 1. The van der Waals surface area contributed by atoms with Gasteiger partial charge in [0, 0.05) is 30.9 Å². The number of amides is 1. The molecule has 0 aliphatic carbocycles. The van der Waals surface area contributed by atoms with Gasteiger partial charge < -0.3 is 15.8 Å². The van der Waals surface area contributed by atoms with E-state index in [-0.39, 0.29) is 5.91 Å². The van der Waals surface area contributed by atoms with Crippen molar-refractivity contribution in [3.63, 3.8) is 0 Å². The summed E-state index contributed by atoms with van der Waals surface area (Å²) < 4.78 is 5.45. The number of hydrogen-bond donors (Lipinski definition) is 2. The van der Waals surface area contributed by atoms with E-state index in [0.29, 0.717) is 35.2 Å². The molecule has 20 heavy (non-hydrogen) atoms. The molecule has 0 heterocycles. The number of hydrogen-bond acceptors (Lipinski definition) is 3. The number of carbonyl (C=O) groups is 1. The Balaban J connectivity index is 2.32. The third-order valence-electron chi connectivity index (χ3n) is 2.61. The summed E-state index contributed by atoms with van der Waals surface area (Å²) in [6.07, 6.45) is 0.799. The molecular weight excluding hydrogens is 272 g/mol. The Kier molecular flexibility index (Phi) is 7.18. The standard InChI is InChI=1S/C15H22N2O2S/c1-11(2)10-19-8-4-7-17-15(18)13-6-3-5-12(9-13)14(16)20/h3,5-6,9,11H,4,7-8,10H2,1-2H3,(H2,16,20)(H,17,18). The largest absolute Gasteiger partial charge is 0.389 e. The van der Waals surface area contributed by atoms with Gasteiger partial charge >= 0.3 is 0 Å². The van der Waals surface area contributed by atoms with E-state index >= 15 is 0 Å². The molecular formula is C15H22N2O2S. The zero-order valence-electron chi connectivity index (χ0n) is 12.0. The lowest BCUT2D eigenvalue weighted by atomic mass is 10.1. The molecule has 0 fully saturated rings. The summed E-state index contributed by atoms with van der Waals surface area (Å²) in [6.45, 7) is 6.22. The second-order valence-corrected chi connectivity index (χ2v) is 5.46. The van der Waals surface area contributed by atoms with Crippen LogP contribution in [0.2, 0.25) is 0 Å². The molecule has 1 rings (SSSR count). The summed E-state index contributed by atoms with van der Waals surface area (Å²) in [7, 11) is 0. The fourth-order valence-electron chi connectivity index (χ4n) is 1.61. The molecule has 0 saturated heterocycles. The monoisotopic (exact) mass is 294 g/mol. The van der Waals surface area contributed by atoms with E-state index in [2.05, 4.69) is 19.2 Å². The van der Waals surface area contributed by atoms with Crippen LogP contribution in [0.4, 0.5) is 0 Å². The molecule has 1 aromatic carbocycles. The van der Waals surface area contributed by atoms with Gasteiger partial charge in [0.1, 0.15) is 4.99 Å². The average Bonchev–Trinajstić information content (AvgIpc) is 2.42. The Morgan fingerprint density at radius 1 is 1.40 bits per heavy atom. The van der Waals surface area contributed by atoms with E-state index in [4.69, 9.17) is 22.7 Å². The van der Waals surface area contributed by atoms with Gasteiger partial charge in [0.05, 0.1) is 0 Å². The highest BCUT2D eigenvalue weighted by Crippen LogP contribution is 2.05. The molecule has 0 bridgehead atoms. The van der Waals surface area contributed by atoms with Crippen LogP contribution in [0.3, 0.4) is 0 Å². The SMILES string of the molecule is CC(C)COCCCNC(=O)c1cccc(C(N)=S)c1. The lowest BCUT2D eigenvalue weighted by Crippen LogP contribution is -2.25. The van der Waals surface area contributed by atoms with Gasteiger partial charge in [-0.3, -0.25) is 4.79 Å². The highest BCUT2D eigenvalue weighted by Gasteiger charge is 2.06. The molecule has 3 N–H and O–H groups in total. The van der Waals surface area contributed by atoms with Crippen LogP contribution in [-0.2, 0) is 4.74 Å². The van der Waals surface area contributed by atoms with E-state index in [0.717, 1.165) is 13.0 Å². The molecule has 0 spiro atoms. The fourth-order valence-corrected chi connectivity index (χ4v) is 1.74. The summed E-state index contributed by atoms with van der Waals surface area (Å²) >= 11 is 4.89. The Labute approximate surface area is 125 Å². The molecule has 0 unspecified atom stereocenters. The van der Waals surface area contributed by atoms with Crippen LogP contribution in [-0.4, -0.2) is 30.7 Å². The normalized spacial score (nSPS) is 10.6. The maximum Gasteiger partial charge on any atom is 0.251 e. The predicted octanol–water partition coefficient (Wildman–Crippen LogP) is 2.11. The van der Waals surface area contributed by atoms with Crippen molar-refractivity contribution >= 4 is 23.1 Å². The van der Waals surface area contributed by atoms with Crippen molar-refractivity contribution in [2.75, 3.05) is 19.8 Å². The fraction of sp³-hybridized carbons (Fsp3) is 0.467.